The largest absolute Gasteiger partial charge is 0.497 e. The van der Waals surface area contributed by atoms with Crippen molar-refractivity contribution in [1.82, 2.24) is 10.2 Å². The minimum absolute atomic E-state index is 0.311. The van der Waals surface area contributed by atoms with Gasteiger partial charge < -0.3 is 14.8 Å². The van der Waals surface area contributed by atoms with Crippen LogP contribution < -0.4 is 10.1 Å². The van der Waals surface area contributed by atoms with Gasteiger partial charge in [-0.1, -0.05) is 12.1 Å². The van der Waals surface area contributed by atoms with Crippen molar-refractivity contribution >= 4 is 0 Å². The van der Waals surface area contributed by atoms with Gasteiger partial charge in [-0.25, -0.2) is 0 Å². The molecule has 0 spiro atoms. The first-order chi connectivity index (χ1) is 9.65. The highest BCUT2D eigenvalue weighted by Crippen LogP contribution is 2.24. The van der Waals surface area contributed by atoms with Crippen molar-refractivity contribution in [3.05, 3.63) is 29.8 Å². The maximum Gasteiger partial charge on any atom is 0.118 e. The van der Waals surface area contributed by atoms with Crippen LogP contribution in [0.15, 0.2) is 24.3 Å². The first kappa shape index (κ1) is 15.3. The summed E-state index contributed by atoms with van der Waals surface area (Å²) in [5, 5.41) is 3.44. The highest BCUT2D eigenvalue weighted by Gasteiger charge is 2.27. The van der Waals surface area contributed by atoms with Gasteiger partial charge in [0.2, 0.25) is 0 Å². The Morgan fingerprint density at radius 3 is 2.60 bits per heavy atom. The van der Waals surface area contributed by atoms with Gasteiger partial charge in [-0.05, 0) is 38.6 Å². The number of benzene rings is 1. The molecule has 0 radical (unpaired) electrons. The second-order valence-corrected chi connectivity index (χ2v) is 5.46. The van der Waals surface area contributed by atoms with E-state index in [0.29, 0.717) is 18.2 Å². The number of nitrogens with one attached hydrogen (secondary N) is 1. The summed E-state index contributed by atoms with van der Waals surface area (Å²) in [5.74, 6) is 0.899. The third kappa shape index (κ3) is 3.51. The van der Waals surface area contributed by atoms with E-state index in [4.69, 9.17) is 9.47 Å². The van der Waals surface area contributed by atoms with E-state index in [1.807, 2.05) is 19.2 Å². The van der Waals surface area contributed by atoms with E-state index in [0.717, 1.165) is 25.4 Å². The van der Waals surface area contributed by atoms with Gasteiger partial charge >= 0.3 is 0 Å². The Hall–Kier alpha value is -1.10. The lowest BCUT2D eigenvalue weighted by molar-refractivity contribution is -0.0365. The molecule has 1 aliphatic rings. The van der Waals surface area contributed by atoms with Crippen LogP contribution in [-0.2, 0) is 4.74 Å². The Labute approximate surface area is 122 Å². The number of methoxy groups -OCH3 is 1. The number of morpholine rings is 1. The van der Waals surface area contributed by atoms with E-state index in [1.165, 1.54) is 5.56 Å². The van der Waals surface area contributed by atoms with Crippen LogP contribution in [0.25, 0.3) is 0 Å². The van der Waals surface area contributed by atoms with E-state index >= 15 is 0 Å². The highest BCUT2D eigenvalue weighted by atomic mass is 16.5. The molecule has 0 aromatic heterocycles. The van der Waals surface area contributed by atoms with Gasteiger partial charge in [0.15, 0.2) is 0 Å². The fourth-order valence-electron chi connectivity index (χ4n) is 2.92. The number of rotatable bonds is 5. The number of likely N-dealkylation sites (N-methyl/N-ethyl adjacent to an activating group) is 1. The third-order valence-electron chi connectivity index (χ3n) is 4.12. The van der Waals surface area contributed by atoms with E-state index in [1.54, 1.807) is 7.11 Å². The van der Waals surface area contributed by atoms with Gasteiger partial charge in [-0.15, -0.1) is 0 Å². The molecule has 112 valence electrons. The molecule has 3 unspecified atom stereocenters. The fraction of sp³-hybridized carbons (Fsp3) is 0.625. The molecular formula is C16H26N2O2. The lowest BCUT2D eigenvalue weighted by atomic mass is 9.98. The van der Waals surface area contributed by atoms with Gasteiger partial charge in [0, 0.05) is 25.2 Å². The molecule has 4 heteroatoms. The molecule has 1 aromatic carbocycles. The summed E-state index contributed by atoms with van der Waals surface area (Å²) < 4.78 is 10.9. The molecule has 1 aliphatic heterocycles. The van der Waals surface area contributed by atoms with Crippen molar-refractivity contribution < 1.29 is 9.47 Å². The number of ether oxygens (including phenoxy) is 2. The third-order valence-corrected chi connectivity index (χ3v) is 4.12. The van der Waals surface area contributed by atoms with Gasteiger partial charge in [0.25, 0.3) is 0 Å². The first-order valence-corrected chi connectivity index (χ1v) is 7.32. The molecule has 0 aliphatic carbocycles. The Balaban J connectivity index is 2.09. The zero-order valence-electron chi connectivity index (χ0n) is 12.9. The minimum Gasteiger partial charge on any atom is -0.497 e. The quantitative estimate of drug-likeness (QED) is 0.894. The summed E-state index contributed by atoms with van der Waals surface area (Å²) in [6.45, 7) is 7.24. The van der Waals surface area contributed by atoms with Crippen LogP contribution in [0.1, 0.15) is 25.5 Å². The Bertz CT molecular complexity index is 407. The van der Waals surface area contributed by atoms with Crippen LogP contribution in [0.4, 0.5) is 0 Å². The second-order valence-electron chi connectivity index (χ2n) is 5.46. The van der Waals surface area contributed by atoms with Crippen molar-refractivity contribution in [1.29, 1.82) is 0 Å². The van der Waals surface area contributed by atoms with Crippen molar-refractivity contribution in [3.8, 4) is 5.75 Å². The molecule has 0 bridgehead atoms. The van der Waals surface area contributed by atoms with Gasteiger partial charge in [0.1, 0.15) is 5.75 Å². The Morgan fingerprint density at radius 1 is 1.35 bits per heavy atom. The van der Waals surface area contributed by atoms with E-state index in [-0.39, 0.29) is 0 Å². The maximum atomic E-state index is 5.63. The van der Waals surface area contributed by atoms with Crippen LogP contribution in [0.5, 0.6) is 5.75 Å². The molecular weight excluding hydrogens is 252 g/mol. The van der Waals surface area contributed by atoms with Crippen LogP contribution in [0, 0.1) is 0 Å². The summed E-state index contributed by atoms with van der Waals surface area (Å²) in [6.07, 6.45) is 0.319. The molecule has 3 atom stereocenters. The minimum atomic E-state index is 0.311. The molecule has 2 rings (SSSR count). The average molecular weight is 278 g/mol. The lowest BCUT2D eigenvalue weighted by Gasteiger charge is -2.39. The summed E-state index contributed by atoms with van der Waals surface area (Å²) in [5.41, 5.74) is 1.29. The van der Waals surface area contributed by atoms with Gasteiger partial charge in [0.05, 0.1) is 19.8 Å². The number of hydrogen-bond donors (Lipinski definition) is 1. The van der Waals surface area contributed by atoms with Crippen molar-refractivity contribution in [2.75, 3.05) is 33.9 Å². The molecule has 1 saturated heterocycles. The maximum absolute atomic E-state index is 5.63. The van der Waals surface area contributed by atoms with Crippen LogP contribution in [-0.4, -0.2) is 50.9 Å². The summed E-state index contributed by atoms with van der Waals surface area (Å²) in [4.78, 5) is 2.50. The zero-order chi connectivity index (χ0) is 14.5. The van der Waals surface area contributed by atoms with Crippen molar-refractivity contribution in [2.24, 2.45) is 0 Å². The zero-order valence-corrected chi connectivity index (χ0v) is 12.9. The Kier molecular flexibility index (Phi) is 5.40. The molecule has 1 N–H and O–H groups in total. The molecule has 1 fully saturated rings. The van der Waals surface area contributed by atoms with Gasteiger partial charge in [-0.3, -0.25) is 4.90 Å². The lowest BCUT2D eigenvalue weighted by Crippen LogP contribution is -2.49. The number of hydrogen-bond acceptors (Lipinski definition) is 4. The standard InChI is InChI=1S/C16H26N2O2/c1-12-11-18(9-10-20-12)13(2)16(17-3)14-5-7-15(19-4)8-6-14/h5-8,12-13,16-17H,9-11H2,1-4H3. The van der Waals surface area contributed by atoms with Crippen molar-refractivity contribution in [3.63, 3.8) is 0 Å². The smallest absolute Gasteiger partial charge is 0.118 e. The monoisotopic (exact) mass is 278 g/mol. The fourth-order valence-corrected chi connectivity index (χ4v) is 2.92. The van der Waals surface area contributed by atoms with Crippen LogP contribution in [0.2, 0.25) is 0 Å². The second kappa shape index (κ2) is 7.07. The molecule has 0 amide bonds. The van der Waals surface area contributed by atoms with E-state index in [2.05, 4.69) is 36.2 Å². The SMILES string of the molecule is CNC(c1ccc(OC)cc1)C(C)N1CCOC(C)C1. The van der Waals surface area contributed by atoms with Gasteiger partial charge in [-0.2, -0.15) is 0 Å². The molecule has 1 heterocycles. The molecule has 20 heavy (non-hydrogen) atoms. The average Bonchev–Trinajstić information content (AvgIpc) is 2.48. The predicted octanol–water partition coefficient (Wildman–Crippen LogP) is 2.06. The first-order valence-electron chi connectivity index (χ1n) is 7.32. The summed E-state index contributed by atoms with van der Waals surface area (Å²) in [7, 11) is 3.72. The Morgan fingerprint density at radius 2 is 2.05 bits per heavy atom. The van der Waals surface area contributed by atoms with E-state index < -0.39 is 0 Å². The molecule has 4 nitrogen and oxygen atoms in total. The molecule has 0 saturated carbocycles. The summed E-state index contributed by atoms with van der Waals surface area (Å²) >= 11 is 0. The normalized spacial score (nSPS) is 23.3. The predicted molar refractivity (Wildman–Crippen MR) is 81.2 cm³/mol. The number of nitrogens with zero attached hydrogens (tertiary/aromatic N) is 1. The topological polar surface area (TPSA) is 33.7 Å². The van der Waals surface area contributed by atoms with Crippen molar-refractivity contribution in [2.45, 2.75) is 32.0 Å². The van der Waals surface area contributed by atoms with E-state index in [9.17, 15) is 0 Å². The summed E-state index contributed by atoms with van der Waals surface area (Å²) in [6, 6.07) is 9.06. The van der Waals surface area contributed by atoms with Crippen LogP contribution >= 0.6 is 0 Å². The van der Waals surface area contributed by atoms with Crippen LogP contribution in [0.3, 0.4) is 0 Å². The molecule has 1 aromatic rings. The highest BCUT2D eigenvalue weighted by molar-refractivity contribution is 5.29.